The molecular formula is C17H24N4O3S. The van der Waals surface area contributed by atoms with E-state index in [1.165, 1.54) is 6.92 Å². The van der Waals surface area contributed by atoms with Crippen LogP contribution < -0.4 is 9.62 Å². The highest BCUT2D eigenvalue weighted by molar-refractivity contribution is 7.89. The number of H-pyrrole nitrogens is 1. The van der Waals surface area contributed by atoms with Gasteiger partial charge in [0.25, 0.3) is 0 Å². The van der Waals surface area contributed by atoms with Crippen molar-refractivity contribution in [1.82, 2.24) is 14.9 Å². The lowest BCUT2D eigenvalue weighted by Crippen LogP contribution is -2.38. The molecule has 0 unspecified atom stereocenters. The Morgan fingerprint density at radius 1 is 1.24 bits per heavy atom. The van der Waals surface area contributed by atoms with Crippen LogP contribution >= 0.6 is 0 Å². The summed E-state index contributed by atoms with van der Waals surface area (Å²) in [7, 11) is -3.68. The lowest BCUT2D eigenvalue weighted by atomic mass is 10.1. The molecule has 0 spiro atoms. The maximum Gasteiger partial charge on any atom is 0.244 e. The van der Waals surface area contributed by atoms with Crippen molar-refractivity contribution in [2.75, 3.05) is 18.0 Å². The number of aromatic nitrogens is 2. The first-order chi connectivity index (χ1) is 11.6. The number of carbonyl (C=O) groups is 1. The van der Waals surface area contributed by atoms with Gasteiger partial charge in [-0.3, -0.25) is 9.89 Å². The molecule has 1 amide bonds. The molecule has 0 aliphatic rings. The predicted octanol–water partition coefficient (Wildman–Crippen LogP) is 1.97. The third-order valence-corrected chi connectivity index (χ3v) is 5.72. The summed E-state index contributed by atoms with van der Waals surface area (Å²) >= 11 is 0. The minimum atomic E-state index is -3.68. The van der Waals surface area contributed by atoms with Gasteiger partial charge in [0.1, 0.15) is 4.90 Å². The van der Waals surface area contributed by atoms with Gasteiger partial charge in [-0.15, -0.1) is 0 Å². The highest BCUT2D eigenvalue weighted by atomic mass is 32.2. The number of aromatic amines is 1. The standard InChI is InChI=1S/C17H24N4O3S/c1-11-6-7-12(2)16(10-11)21(15(5)22)9-8-18-25(23,24)17-13(3)19-20-14(17)4/h6-7,10,18H,8-9H2,1-5H3,(H,19,20). The summed E-state index contributed by atoms with van der Waals surface area (Å²) in [5.74, 6) is -0.136. The Kier molecular flexibility index (Phi) is 5.64. The lowest BCUT2D eigenvalue weighted by molar-refractivity contribution is -0.116. The van der Waals surface area contributed by atoms with E-state index in [9.17, 15) is 13.2 Å². The Morgan fingerprint density at radius 2 is 1.92 bits per heavy atom. The summed E-state index contributed by atoms with van der Waals surface area (Å²) < 4.78 is 27.5. The molecule has 2 N–H and O–H groups in total. The molecule has 0 aliphatic heterocycles. The summed E-state index contributed by atoms with van der Waals surface area (Å²) in [5.41, 5.74) is 3.70. The summed E-state index contributed by atoms with van der Waals surface area (Å²) in [6.07, 6.45) is 0. The first-order valence-electron chi connectivity index (χ1n) is 8.00. The van der Waals surface area contributed by atoms with Gasteiger partial charge in [0, 0.05) is 25.7 Å². The molecule has 2 aromatic rings. The van der Waals surface area contributed by atoms with Gasteiger partial charge in [0.05, 0.1) is 11.4 Å². The second-order valence-corrected chi connectivity index (χ2v) is 7.83. The van der Waals surface area contributed by atoms with Gasteiger partial charge < -0.3 is 4.90 Å². The predicted molar refractivity (Wildman–Crippen MR) is 97.2 cm³/mol. The average Bonchev–Trinajstić information content (AvgIpc) is 2.86. The summed E-state index contributed by atoms with van der Waals surface area (Å²) in [4.78, 5) is 13.8. The molecule has 1 aromatic carbocycles. The van der Waals surface area contributed by atoms with E-state index in [1.807, 2.05) is 32.0 Å². The number of carbonyl (C=O) groups excluding carboxylic acids is 1. The van der Waals surface area contributed by atoms with Gasteiger partial charge in [-0.05, 0) is 44.9 Å². The molecule has 25 heavy (non-hydrogen) atoms. The average molecular weight is 364 g/mol. The van der Waals surface area contributed by atoms with Crippen molar-refractivity contribution in [2.45, 2.75) is 39.5 Å². The maximum absolute atomic E-state index is 12.5. The number of hydrogen-bond acceptors (Lipinski definition) is 4. The summed E-state index contributed by atoms with van der Waals surface area (Å²) in [6.45, 7) is 9.00. The van der Waals surface area contributed by atoms with Crippen LogP contribution in [-0.4, -0.2) is 37.6 Å². The van der Waals surface area contributed by atoms with Crippen LogP contribution in [-0.2, 0) is 14.8 Å². The fraction of sp³-hybridized carbons (Fsp3) is 0.412. The Bertz CT molecular complexity index is 868. The summed E-state index contributed by atoms with van der Waals surface area (Å²) in [6, 6.07) is 5.85. The number of sulfonamides is 1. The Labute approximate surface area is 148 Å². The number of amides is 1. The molecule has 7 nitrogen and oxygen atoms in total. The van der Waals surface area contributed by atoms with Crippen LogP contribution in [0.4, 0.5) is 5.69 Å². The minimum Gasteiger partial charge on any atom is -0.311 e. The number of anilines is 1. The third kappa shape index (κ3) is 4.26. The van der Waals surface area contributed by atoms with Crippen molar-refractivity contribution in [2.24, 2.45) is 0 Å². The lowest BCUT2D eigenvalue weighted by Gasteiger charge is -2.23. The largest absolute Gasteiger partial charge is 0.311 e. The Balaban J connectivity index is 2.15. The Morgan fingerprint density at radius 3 is 2.48 bits per heavy atom. The smallest absolute Gasteiger partial charge is 0.244 e. The molecule has 0 saturated heterocycles. The van der Waals surface area contributed by atoms with Gasteiger partial charge in [0.15, 0.2) is 0 Å². The van der Waals surface area contributed by atoms with Crippen LogP contribution in [0.25, 0.3) is 0 Å². The van der Waals surface area contributed by atoms with E-state index < -0.39 is 10.0 Å². The highest BCUT2D eigenvalue weighted by Crippen LogP contribution is 2.22. The molecule has 0 saturated carbocycles. The second-order valence-electron chi connectivity index (χ2n) is 6.12. The summed E-state index contributed by atoms with van der Waals surface area (Å²) in [5, 5.41) is 6.58. The zero-order valence-corrected chi connectivity index (χ0v) is 16.0. The van der Waals surface area contributed by atoms with Gasteiger partial charge in [-0.2, -0.15) is 5.10 Å². The van der Waals surface area contributed by atoms with E-state index in [0.29, 0.717) is 11.4 Å². The van der Waals surface area contributed by atoms with Crippen LogP contribution in [0.2, 0.25) is 0 Å². The van der Waals surface area contributed by atoms with Crippen molar-refractivity contribution in [3.63, 3.8) is 0 Å². The monoisotopic (exact) mass is 364 g/mol. The van der Waals surface area contributed by atoms with E-state index in [2.05, 4.69) is 14.9 Å². The van der Waals surface area contributed by atoms with E-state index in [-0.39, 0.29) is 23.9 Å². The molecule has 0 atom stereocenters. The van der Waals surface area contributed by atoms with Gasteiger partial charge >= 0.3 is 0 Å². The number of hydrogen-bond donors (Lipinski definition) is 2. The van der Waals surface area contributed by atoms with Crippen LogP contribution in [0.5, 0.6) is 0 Å². The first-order valence-corrected chi connectivity index (χ1v) is 9.48. The van der Waals surface area contributed by atoms with Gasteiger partial charge in [0.2, 0.25) is 15.9 Å². The third-order valence-electron chi connectivity index (χ3n) is 3.99. The van der Waals surface area contributed by atoms with Crippen LogP contribution in [0.15, 0.2) is 23.1 Å². The molecular weight excluding hydrogens is 340 g/mol. The minimum absolute atomic E-state index is 0.110. The quantitative estimate of drug-likeness (QED) is 0.819. The molecule has 0 radical (unpaired) electrons. The molecule has 0 fully saturated rings. The second kappa shape index (κ2) is 7.37. The molecule has 0 bridgehead atoms. The maximum atomic E-state index is 12.5. The molecule has 2 rings (SSSR count). The van der Waals surface area contributed by atoms with Crippen molar-refractivity contribution in [3.8, 4) is 0 Å². The number of benzene rings is 1. The van der Waals surface area contributed by atoms with E-state index in [1.54, 1.807) is 18.7 Å². The zero-order chi connectivity index (χ0) is 18.8. The fourth-order valence-corrected chi connectivity index (χ4v) is 4.15. The van der Waals surface area contributed by atoms with Crippen LogP contribution in [0.3, 0.4) is 0 Å². The molecule has 0 aliphatic carbocycles. The highest BCUT2D eigenvalue weighted by Gasteiger charge is 2.22. The van der Waals surface area contributed by atoms with E-state index in [0.717, 1.165) is 16.8 Å². The first kappa shape index (κ1) is 19.1. The number of nitrogens with zero attached hydrogens (tertiary/aromatic N) is 2. The van der Waals surface area contributed by atoms with Gasteiger partial charge in [-0.1, -0.05) is 12.1 Å². The molecule has 1 heterocycles. The number of rotatable bonds is 6. The van der Waals surface area contributed by atoms with Crippen molar-refractivity contribution in [1.29, 1.82) is 0 Å². The topological polar surface area (TPSA) is 95.2 Å². The molecule has 1 aromatic heterocycles. The van der Waals surface area contributed by atoms with E-state index in [4.69, 9.17) is 0 Å². The number of aryl methyl sites for hydroxylation is 4. The van der Waals surface area contributed by atoms with Crippen molar-refractivity contribution < 1.29 is 13.2 Å². The SMILES string of the molecule is CC(=O)N(CCNS(=O)(=O)c1c(C)n[nH]c1C)c1cc(C)ccc1C. The molecule has 8 heteroatoms. The normalized spacial score (nSPS) is 11.6. The number of nitrogens with one attached hydrogen (secondary N) is 2. The van der Waals surface area contributed by atoms with E-state index >= 15 is 0 Å². The fourth-order valence-electron chi connectivity index (χ4n) is 2.76. The van der Waals surface area contributed by atoms with Crippen molar-refractivity contribution >= 4 is 21.6 Å². The van der Waals surface area contributed by atoms with Crippen LogP contribution in [0.1, 0.15) is 29.4 Å². The van der Waals surface area contributed by atoms with Crippen LogP contribution in [0, 0.1) is 27.7 Å². The zero-order valence-electron chi connectivity index (χ0n) is 15.2. The van der Waals surface area contributed by atoms with Crippen molar-refractivity contribution in [3.05, 3.63) is 40.7 Å². The van der Waals surface area contributed by atoms with Gasteiger partial charge in [-0.25, -0.2) is 13.1 Å². The Hall–Kier alpha value is -2.19. The molecule has 136 valence electrons.